The quantitative estimate of drug-likeness (QED) is 0.255. The molecule has 6 aromatic rings. The van der Waals surface area contributed by atoms with Gasteiger partial charge >= 0.3 is 0 Å². The highest BCUT2D eigenvalue weighted by molar-refractivity contribution is 6.03. The number of alkyl halides is 1. The highest BCUT2D eigenvalue weighted by atomic mass is 19.1. The van der Waals surface area contributed by atoms with Gasteiger partial charge in [-0.05, 0) is 37.1 Å². The Hall–Kier alpha value is -4.64. The SMILES string of the molecule is Cc1nc2cc(-c3cnc([C@@H]4C[C@@H](F)CN4C(=O)[C@@H](N)C(C)C)[nH]3)ccc2c2c(F)c3cc(-c4cnc[nH]4)ccc3n12. The van der Waals surface area contributed by atoms with Crippen molar-refractivity contribution in [3.63, 3.8) is 0 Å². The molecule has 7 rings (SSSR count). The van der Waals surface area contributed by atoms with Crippen molar-refractivity contribution in [3.05, 3.63) is 72.6 Å². The van der Waals surface area contributed by atoms with E-state index in [-0.39, 0.29) is 30.6 Å². The summed E-state index contributed by atoms with van der Waals surface area (Å²) in [6.07, 6.45) is 3.98. The van der Waals surface area contributed by atoms with E-state index in [2.05, 4.69) is 19.9 Å². The molecule has 0 radical (unpaired) electrons. The fraction of sp³-hybridized carbons (Fsp3) is 0.290. The van der Waals surface area contributed by atoms with Crippen molar-refractivity contribution in [2.45, 2.75) is 45.4 Å². The predicted octanol–water partition coefficient (Wildman–Crippen LogP) is 5.46. The molecule has 3 atom stereocenters. The number of imidazole rings is 2. The molecule has 4 N–H and O–H groups in total. The molecule has 1 aliphatic heterocycles. The number of fused-ring (bicyclic) bond motifs is 5. The van der Waals surface area contributed by atoms with Crippen molar-refractivity contribution in [2.75, 3.05) is 6.54 Å². The van der Waals surface area contributed by atoms with Gasteiger partial charge in [-0.15, -0.1) is 0 Å². The molecule has 214 valence electrons. The number of nitrogens with one attached hydrogen (secondary N) is 2. The summed E-state index contributed by atoms with van der Waals surface area (Å²) >= 11 is 0. The molecule has 1 amide bonds. The maximum absolute atomic E-state index is 16.0. The Kier molecular flexibility index (Phi) is 6.09. The van der Waals surface area contributed by atoms with E-state index in [1.165, 1.54) is 4.90 Å². The molecule has 5 heterocycles. The predicted molar refractivity (Wildman–Crippen MR) is 157 cm³/mol. The van der Waals surface area contributed by atoms with Gasteiger partial charge in [0, 0.05) is 28.3 Å². The maximum atomic E-state index is 16.0. The number of nitrogens with two attached hydrogens (primary N) is 1. The largest absolute Gasteiger partial charge is 0.345 e. The minimum absolute atomic E-state index is 0.00423. The first-order chi connectivity index (χ1) is 20.2. The highest BCUT2D eigenvalue weighted by Crippen LogP contribution is 2.36. The number of aromatic amines is 2. The molecular weight excluding hydrogens is 538 g/mol. The zero-order chi connectivity index (χ0) is 29.3. The molecule has 4 aromatic heterocycles. The maximum Gasteiger partial charge on any atom is 0.240 e. The Morgan fingerprint density at radius 1 is 1.10 bits per heavy atom. The van der Waals surface area contributed by atoms with Gasteiger partial charge in [-0.3, -0.25) is 9.20 Å². The Bertz CT molecular complexity index is 1980. The molecule has 11 heteroatoms. The second kappa shape index (κ2) is 9.73. The molecule has 0 bridgehead atoms. The number of hydrogen-bond acceptors (Lipinski definition) is 5. The summed E-state index contributed by atoms with van der Waals surface area (Å²) in [6, 6.07) is 10.0. The van der Waals surface area contributed by atoms with Gasteiger partial charge in [0.25, 0.3) is 0 Å². The van der Waals surface area contributed by atoms with Crippen LogP contribution >= 0.6 is 0 Å². The molecule has 0 aliphatic carbocycles. The average Bonchev–Trinajstić information content (AvgIpc) is 3.78. The first-order valence-electron chi connectivity index (χ1n) is 14.0. The number of amides is 1. The zero-order valence-electron chi connectivity index (χ0n) is 23.4. The summed E-state index contributed by atoms with van der Waals surface area (Å²) < 4.78 is 32.4. The Labute approximate surface area is 239 Å². The van der Waals surface area contributed by atoms with E-state index in [1.54, 1.807) is 18.7 Å². The van der Waals surface area contributed by atoms with Gasteiger partial charge in [0.05, 0.1) is 65.3 Å². The van der Waals surface area contributed by atoms with Crippen LogP contribution in [-0.4, -0.2) is 58.9 Å². The number of likely N-dealkylation sites (tertiary alicyclic amines) is 1. The van der Waals surface area contributed by atoms with Crippen LogP contribution < -0.4 is 5.73 Å². The van der Waals surface area contributed by atoms with Crippen LogP contribution in [0.2, 0.25) is 0 Å². The molecule has 1 aliphatic rings. The molecule has 9 nitrogen and oxygen atoms in total. The van der Waals surface area contributed by atoms with E-state index < -0.39 is 18.3 Å². The number of halogens is 2. The summed E-state index contributed by atoms with van der Waals surface area (Å²) in [6.45, 7) is 5.59. The van der Waals surface area contributed by atoms with Crippen molar-refractivity contribution < 1.29 is 13.6 Å². The fourth-order valence-corrected chi connectivity index (χ4v) is 6.04. The lowest BCUT2D eigenvalue weighted by Gasteiger charge is -2.27. The van der Waals surface area contributed by atoms with E-state index in [0.717, 1.165) is 22.3 Å². The molecule has 0 unspecified atom stereocenters. The van der Waals surface area contributed by atoms with Gasteiger partial charge in [0.1, 0.15) is 17.8 Å². The van der Waals surface area contributed by atoms with E-state index in [4.69, 9.17) is 10.7 Å². The van der Waals surface area contributed by atoms with Gasteiger partial charge in [0.15, 0.2) is 5.82 Å². The lowest BCUT2D eigenvalue weighted by Crippen LogP contribution is -2.46. The smallest absolute Gasteiger partial charge is 0.240 e. The van der Waals surface area contributed by atoms with Crippen molar-refractivity contribution in [1.29, 1.82) is 0 Å². The molecule has 1 fully saturated rings. The number of nitrogens with zero attached hydrogens (tertiary/aromatic N) is 5. The van der Waals surface area contributed by atoms with Crippen molar-refractivity contribution in [3.8, 4) is 22.5 Å². The molecular formula is C31H30F2N8O. The molecule has 0 saturated carbocycles. The van der Waals surface area contributed by atoms with Crippen LogP contribution in [0.1, 0.15) is 38.0 Å². The second-order valence-electron chi connectivity index (χ2n) is 11.4. The number of aryl methyl sites for hydroxylation is 1. The lowest BCUT2D eigenvalue weighted by molar-refractivity contribution is -0.134. The third kappa shape index (κ3) is 4.06. The number of carbonyl (C=O) groups is 1. The standard InChI is InChI=1S/C31H30F2N8O/c1-15(2)28(34)31(42)40-13-19(32)10-26(40)30-36-12-24(39-30)18-4-6-20-22(9-18)38-16(3)41-25-7-5-17(23-11-35-14-37-23)8-21(25)27(33)29(20)41/h4-9,11-12,14-15,19,26,28H,10,13,34H2,1-3H3,(H,35,37)(H,36,39)/t19-,26+,28+/m1/s1. The van der Waals surface area contributed by atoms with E-state index >= 15 is 4.39 Å². The monoisotopic (exact) mass is 568 g/mol. The van der Waals surface area contributed by atoms with Crippen LogP contribution in [0.3, 0.4) is 0 Å². The van der Waals surface area contributed by atoms with E-state index in [1.807, 2.05) is 61.6 Å². The molecule has 2 aromatic carbocycles. The number of hydrogen-bond donors (Lipinski definition) is 3. The van der Waals surface area contributed by atoms with E-state index in [9.17, 15) is 9.18 Å². The van der Waals surface area contributed by atoms with Crippen molar-refractivity contribution in [1.82, 2.24) is 34.2 Å². The normalized spacial score (nSPS) is 18.2. The molecule has 1 saturated heterocycles. The summed E-state index contributed by atoms with van der Waals surface area (Å²) in [5, 5.41) is 1.18. The first-order valence-corrected chi connectivity index (χ1v) is 14.0. The minimum Gasteiger partial charge on any atom is -0.345 e. The number of carbonyl (C=O) groups excluding carboxylic acids is 1. The van der Waals surface area contributed by atoms with Gasteiger partial charge in [-0.25, -0.2) is 23.7 Å². The number of rotatable bonds is 5. The third-order valence-corrected chi connectivity index (χ3v) is 8.33. The Morgan fingerprint density at radius 2 is 1.88 bits per heavy atom. The van der Waals surface area contributed by atoms with E-state index in [0.29, 0.717) is 39.1 Å². The summed E-state index contributed by atoms with van der Waals surface area (Å²) in [7, 11) is 0. The Morgan fingerprint density at radius 3 is 2.64 bits per heavy atom. The van der Waals surface area contributed by atoms with Crippen LogP contribution in [0.15, 0.2) is 55.1 Å². The van der Waals surface area contributed by atoms with Crippen LogP contribution in [0, 0.1) is 18.7 Å². The summed E-state index contributed by atoms with van der Waals surface area (Å²) in [5.74, 6) is 0.501. The van der Waals surface area contributed by atoms with Gasteiger partial charge in [-0.1, -0.05) is 26.0 Å². The molecule has 0 spiro atoms. The van der Waals surface area contributed by atoms with Gasteiger partial charge < -0.3 is 20.6 Å². The Balaban J connectivity index is 1.27. The highest BCUT2D eigenvalue weighted by Gasteiger charge is 2.40. The first kappa shape index (κ1) is 26.3. The van der Waals surface area contributed by atoms with Crippen molar-refractivity contribution >= 4 is 33.2 Å². The third-order valence-electron chi connectivity index (χ3n) is 8.33. The van der Waals surface area contributed by atoms with Crippen molar-refractivity contribution in [2.24, 2.45) is 11.7 Å². The van der Waals surface area contributed by atoms with Gasteiger partial charge in [0.2, 0.25) is 5.91 Å². The topological polar surface area (TPSA) is 121 Å². The van der Waals surface area contributed by atoms with Crippen LogP contribution in [0.4, 0.5) is 8.78 Å². The van der Waals surface area contributed by atoms with Crippen LogP contribution in [-0.2, 0) is 4.79 Å². The second-order valence-corrected chi connectivity index (χ2v) is 11.4. The number of aromatic nitrogens is 6. The number of benzene rings is 2. The number of H-pyrrole nitrogens is 2. The average molecular weight is 569 g/mol. The fourth-order valence-electron chi connectivity index (χ4n) is 6.04. The summed E-state index contributed by atoms with van der Waals surface area (Å²) in [4.78, 5) is 34.3. The van der Waals surface area contributed by atoms with Gasteiger partial charge in [-0.2, -0.15) is 0 Å². The zero-order valence-corrected chi connectivity index (χ0v) is 23.4. The molecule has 42 heavy (non-hydrogen) atoms. The lowest BCUT2D eigenvalue weighted by atomic mass is 10.0. The van der Waals surface area contributed by atoms with Crippen LogP contribution in [0.5, 0.6) is 0 Å². The van der Waals surface area contributed by atoms with Crippen LogP contribution in [0.25, 0.3) is 49.8 Å². The minimum atomic E-state index is -1.15. The summed E-state index contributed by atoms with van der Waals surface area (Å²) in [5.41, 5.74) is 11.1.